The van der Waals surface area contributed by atoms with Gasteiger partial charge in [0.2, 0.25) is 11.8 Å². The van der Waals surface area contributed by atoms with Crippen LogP contribution in [-0.2, 0) is 10.0 Å². The summed E-state index contributed by atoms with van der Waals surface area (Å²) in [6.07, 6.45) is 1.38. The van der Waals surface area contributed by atoms with E-state index < -0.39 is 33.4 Å². The molecule has 5 aromatic rings. The molecule has 40 heavy (non-hydrogen) atoms. The highest BCUT2D eigenvalue weighted by atomic mass is 32.2. The molecule has 0 spiro atoms. The standard InChI is InChI=1S/C28H23F2N5O4S/c1-16(17-6-4-3-5-7-17)35-27(36)21-12-18(8-10-23(21)33-28(35)31)19-13-25(26(39-2)32-15-19)40(37,38)34-24-11-9-20(29)14-22(24)30/h3-16,34H,1-2H3,(H2,31,33). The Balaban J connectivity index is 1.59. The van der Waals surface area contributed by atoms with Crippen molar-refractivity contribution in [3.8, 4) is 17.0 Å². The second kappa shape index (κ2) is 10.4. The largest absolute Gasteiger partial charge is 0.480 e. The van der Waals surface area contributed by atoms with Gasteiger partial charge in [-0.3, -0.25) is 14.1 Å². The molecule has 0 radical (unpaired) electrons. The number of hydrogen-bond acceptors (Lipinski definition) is 7. The number of methoxy groups -OCH3 is 1. The lowest BCUT2D eigenvalue weighted by molar-refractivity contribution is 0.385. The number of pyridine rings is 1. The SMILES string of the molecule is COc1ncc(-c2ccc3nc(N)n(C(C)c4ccccc4)c(=O)c3c2)cc1S(=O)(=O)Nc1ccc(F)cc1F. The number of nitrogens with one attached hydrogen (secondary N) is 1. The molecule has 1 unspecified atom stereocenters. The Bertz CT molecular complexity index is 1910. The molecule has 9 nitrogen and oxygen atoms in total. The monoisotopic (exact) mass is 563 g/mol. The average molecular weight is 564 g/mol. The first-order valence-electron chi connectivity index (χ1n) is 12.0. The van der Waals surface area contributed by atoms with E-state index in [2.05, 4.69) is 14.7 Å². The maximum Gasteiger partial charge on any atom is 0.267 e. The first kappa shape index (κ1) is 26.8. The van der Waals surface area contributed by atoms with Crippen molar-refractivity contribution in [1.82, 2.24) is 14.5 Å². The van der Waals surface area contributed by atoms with Crippen molar-refractivity contribution < 1.29 is 21.9 Å². The number of halogens is 2. The van der Waals surface area contributed by atoms with Crippen molar-refractivity contribution in [1.29, 1.82) is 0 Å². The minimum absolute atomic E-state index is 0.0557. The van der Waals surface area contributed by atoms with E-state index in [-0.39, 0.29) is 27.7 Å². The molecule has 2 heterocycles. The molecular weight excluding hydrogens is 540 g/mol. The Labute approximate surface area is 228 Å². The number of nitrogen functional groups attached to an aromatic ring is 1. The number of hydrogen-bond donors (Lipinski definition) is 2. The van der Waals surface area contributed by atoms with Crippen LogP contribution >= 0.6 is 0 Å². The van der Waals surface area contributed by atoms with Crippen molar-refractivity contribution in [2.45, 2.75) is 17.9 Å². The van der Waals surface area contributed by atoms with Gasteiger partial charge in [0, 0.05) is 17.8 Å². The molecule has 5 rings (SSSR count). The number of nitrogens with two attached hydrogens (primary N) is 1. The van der Waals surface area contributed by atoms with Crippen LogP contribution in [0.1, 0.15) is 18.5 Å². The van der Waals surface area contributed by atoms with Gasteiger partial charge in [-0.2, -0.15) is 0 Å². The summed E-state index contributed by atoms with van der Waals surface area (Å²) in [7, 11) is -3.18. The lowest BCUT2D eigenvalue weighted by Gasteiger charge is -2.18. The number of ether oxygens (including phenoxy) is 1. The number of benzene rings is 3. The van der Waals surface area contributed by atoms with E-state index in [0.29, 0.717) is 22.7 Å². The predicted octanol–water partition coefficient (Wildman–Crippen LogP) is 4.74. The van der Waals surface area contributed by atoms with E-state index in [1.54, 1.807) is 18.2 Å². The maximum atomic E-state index is 14.2. The summed E-state index contributed by atoms with van der Waals surface area (Å²) in [5, 5.41) is 0.265. The molecule has 0 aliphatic heterocycles. The van der Waals surface area contributed by atoms with Crippen LogP contribution in [0.5, 0.6) is 5.88 Å². The molecule has 0 saturated heterocycles. The normalized spacial score (nSPS) is 12.3. The summed E-state index contributed by atoms with van der Waals surface area (Å²) in [6.45, 7) is 1.84. The molecule has 0 aliphatic rings. The van der Waals surface area contributed by atoms with Gasteiger partial charge in [-0.1, -0.05) is 36.4 Å². The van der Waals surface area contributed by atoms with E-state index in [4.69, 9.17) is 10.5 Å². The molecule has 204 valence electrons. The minimum atomic E-state index is -4.42. The molecule has 0 amide bonds. The second-order valence-electron chi connectivity index (χ2n) is 8.92. The minimum Gasteiger partial charge on any atom is -0.480 e. The number of rotatable bonds is 7. The molecular formula is C28H23F2N5O4S. The second-order valence-corrected chi connectivity index (χ2v) is 10.6. The molecule has 3 aromatic carbocycles. The summed E-state index contributed by atoms with van der Waals surface area (Å²) < 4.78 is 62.5. The third-order valence-electron chi connectivity index (χ3n) is 6.41. The fourth-order valence-electron chi connectivity index (χ4n) is 4.36. The molecule has 12 heteroatoms. The summed E-state index contributed by atoms with van der Waals surface area (Å²) in [5.74, 6) is -2.13. The Hall–Kier alpha value is -4.84. The van der Waals surface area contributed by atoms with Crippen molar-refractivity contribution in [3.63, 3.8) is 0 Å². The van der Waals surface area contributed by atoms with E-state index >= 15 is 0 Å². The zero-order valence-corrected chi connectivity index (χ0v) is 22.1. The highest BCUT2D eigenvalue weighted by Crippen LogP contribution is 2.31. The fraction of sp³-hybridized carbons (Fsp3) is 0.107. The van der Waals surface area contributed by atoms with Crippen molar-refractivity contribution in [2.24, 2.45) is 0 Å². The predicted molar refractivity (Wildman–Crippen MR) is 148 cm³/mol. The van der Waals surface area contributed by atoms with E-state index in [1.165, 1.54) is 23.9 Å². The van der Waals surface area contributed by atoms with Crippen LogP contribution in [0, 0.1) is 11.6 Å². The summed E-state index contributed by atoms with van der Waals surface area (Å²) >= 11 is 0. The highest BCUT2D eigenvalue weighted by molar-refractivity contribution is 7.92. The third kappa shape index (κ3) is 4.96. The van der Waals surface area contributed by atoms with E-state index in [9.17, 15) is 22.0 Å². The van der Waals surface area contributed by atoms with Crippen LogP contribution in [-0.4, -0.2) is 30.1 Å². The van der Waals surface area contributed by atoms with E-state index in [1.807, 2.05) is 37.3 Å². The molecule has 0 fully saturated rings. The average Bonchev–Trinajstić information content (AvgIpc) is 2.94. The van der Waals surface area contributed by atoms with Crippen LogP contribution in [0.15, 0.2) is 88.7 Å². The van der Waals surface area contributed by atoms with Crippen LogP contribution in [0.2, 0.25) is 0 Å². The van der Waals surface area contributed by atoms with Gasteiger partial charge in [0.1, 0.15) is 16.5 Å². The number of aromatic nitrogens is 3. The van der Waals surface area contributed by atoms with Gasteiger partial charge in [-0.25, -0.2) is 27.2 Å². The number of nitrogens with zero attached hydrogens (tertiary/aromatic N) is 3. The van der Waals surface area contributed by atoms with Gasteiger partial charge in [-0.05, 0) is 48.4 Å². The Morgan fingerprint density at radius 3 is 2.45 bits per heavy atom. The van der Waals surface area contributed by atoms with Gasteiger partial charge in [0.25, 0.3) is 15.6 Å². The quantitative estimate of drug-likeness (QED) is 0.293. The first-order valence-corrected chi connectivity index (χ1v) is 13.5. The zero-order valence-electron chi connectivity index (χ0n) is 21.3. The van der Waals surface area contributed by atoms with Crippen LogP contribution in [0.25, 0.3) is 22.0 Å². The zero-order chi connectivity index (χ0) is 28.6. The number of sulfonamides is 1. The molecule has 2 aromatic heterocycles. The van der Waals surface area contributed by atoms with Crippen LogP contribution in [0.4, 0.5) is 20.4 Å². The lowest BCUT2D eigenvalue weighted by Crippen LogP contribution is -2.27. The van der Waals surface area contributed by atoms with Gasteiger partial charge in [0.05, 0.1) is 29.7 Å². The smallest absolute Gasteiger partial charge is 0.267 e. The Kier molecular flexibility index (Phi) is 6.94. The summed E-state index contributed by atoms with van der Waals surface area (Å²) in [4.78, 5) is 21.7. The number of fused-ring (bicyclic) bond motifs is 1. The summed E-state index contributed by atoms with van der Waals surface area (Å²) in [5.41, 5.74) is 7.38. The Morgan fingerprint density at radius 2 is 1.75 bits per heavy atom. The van der Waals surface area contributed by atoms with Crippen LogP contribution in [0.3, 0.4) is 0 Å². The van der Waals surface area contributed by atoms with Crippen molar-refractivity contribution in [3.05, 3.63) is 107 Å². The van der Waals surface area contributed by atoms with E-state index in [0.717, 1.165) is 17.7 Å². The van der Waals surface area contributed by atoms with Gasteiger partial charge in [0.15, 0.2) is 0 Å². The molecule has 0 bridgehead atoms. The molecule has 3 N–H and O–H groups in total. The van der Waals surface area contributed by atoms with Crippen molar-refractivity contribution in [2.75, 3.05) is 17.6 Å². The lowest BCUT2D eigenvalue weighted by atomic mass is 10.0. The first-order chi connectivity index (χ1) is 19.1. The van der Waals surface area contributed by atoms with Crippen LogP contribution < -0.4 is 20.8 Å². The highest BCUT2D eigenvalue weighted by Gasteiger charge is 2.24. The molecule has 0 saturated carbocycles. The fourth-order valence-corrected chi connectivity index (χ4v) is 5.57. The topological polar surface area (TPSA) is 129 Å². The van der Waals surface area contributed by atoms with Gasteiger partial charge < -0.3 is 10.5 Å². The molecule has 1 atom stereocenters. The van der Waals surface area contributed by atoms with Gasteiger partial charge >= 0.3 is 0 Å². The summed E-state index contributed by atoms with van der Waals surface area (Å²) in [6, 6.07) is 17.5. The number of anilines is 2. The maximum absolute atomic E-state index is 14.2. The Morgan fingerprint density at radius 1 is 1.00 bits per heavy atom. The van der Waals surface area contributed by atoms with Gasteiger partial charge in [-0.15, -0.1) is 0 Å². The molecule has 0 aliphatic carbocycles. The van der Waals surface area contributed by atoms with Crippen molar-refractivity contribution >= 4 is 32.6 Å². The third-order valence-corrected chi connectivity index (χ3v) is 7.77.